The number of hydrogen-bond donors (Lipinski definition) is 3. The Morgan fingerprint density at radius 3 is 2.44 bits per heavy atom. The molecular formula is C21H20F5N3O5. The number of anilines is 1. The molecule has 8 nitrogen and oxygen atoms in total. The van der Waals surface area contributed by atoms with Crippen LogP contribution in [0.25, 0.3) is 0 Å². The number of hydrogen-bond acceptors (Lipinski definition) is 5. The number of rotatable bonds is 6. The number of nitrogens with one attached hydrogen (secondary N) is 2. The number of H-pyrrole nitrogens is 1. The van der Waals surface area contributed by atoms with Crippen molar-refractivity contribution in [3.63, 3.8) is 0 Å². The van der Waals surface area contributed by atoms with Crippen LogP contribution >= 0.6 is 0 Å². The number of Topliss-reactive ketones (excluding diaryl/α,β-unsaturated/α-hetero) is 1. The van der Waals surface area contributed by atoms with E-state index < -0.39 is 64.7 Å². The van der Waals surface area contributed by atoms with Crippen molar-refractivity contribution in [1.82, 2.24) is 4.98 Å². The van der Waals surface area contributed by atoms with Crippen molar-refractivity contribution in [1.29, 1.82) is 0 Å². The van der Waals surface area contributed by atoms with Gasteiger partial charge in [-0.05, 0) is 19.1 Å². The van der Waals surface area contributed by atoms with Gasteiger partial charge in [0.25, 0.3) is 17.6 Å². The number of amides is 2. The molecule has 184 valence electrons. The quantitative estimate of drug-likeness (QED) is 0.327. The van der Waals surface area contributed by atoms with E-state index in [4.69, 9.17) is 15.2 Å². The molecule has 0 aliphatic carbocycles. The zero-order valence-electron chi connectivity index (χ0n) is 18.0. The Morgan fingerprint density at radius 2 is 1.88 bits per heavy atom. The van der Waals surface area contributed by atoms with E-state index in [1.54, 1.807) is 0 Å². The number of aromatic nitrogens is 1. The number of carbonyl (C=O) groups is 3. The van der Waals surface area contributed by atoms with E-state index in [0.29, 0.717) is 6.07 Å². The smallest absolute Gasteiger partial charge is 0.417 e. The fourth-order valence-electron chi connectivity index (χ4n) is 3.98. The molecule has 2 heterocycles. The van der Waals surface area contributed by atoms with Gasteiger partial charge in [0.05, 0.1) is 18.5 Å². The summed E-state index contributed by atoms with van der Waals surface area (Å²) in [5.74, 6) is -9.60. The number of primary amides is 1. The van der Waals surface area contributed by atoms with Crippen LogP contribution in [-0.2, 0) is 14.3 Å². The number of alkyl halides is 3. The average molecular weight is 489 g/mol. The van der Waals surface area contributed by atoms with Gasteiger partial charge in [0.15, 0.2) is 17.2 Å². The standard InChI is InChI=1S/C21H20F5N3O5/c1-8-13(10-4-5-11(22)14(23)16(10)33-3)17(34-20(8,2)21(24,25)26)19(32)29-9-6-12(28-7-9)15(30)18(27)31/h4-8,13,17,28H,1-3H3,(H2,27,31)(H,29,32)/t8-,13-,17+,20+/m0/s1. The van der Waals surface area contributed by atoms with Crippen molar-refractivity contribution in [2.24, 2.45) is 11.7 Å². The molecule has 2 amide bonds. The second-order valence-electron chi connectivity index (χ2n) is 7.93. The van der Waals surface area contributed by atoms with Crippen LogP contribution in [-0.4, -0.2) is 47.6 Å². The van der Waals surface area contributed by atoms with Crippen LogP contribution in [0.2, 0.25) is 0 Å². The Bertz CT molecular complexity index is 1150. The molecule has 0 bridgehead atoms. The summed E-state index contributed by atoms with van der Waals surface area (Å²) < 4.78 is 80.0. The van der Waals surface area contributed by atoms with Gasteiger partial charge in [0.1, 0.15) is 6.10 Å². The van der Waals surface area contributed by atoms with Crippen LogP contribution < -0.4 is 15.8 Å². The number of benzene rings is 1. The monoisotopic (exact) mass is 489 g/mol. The van der Waals surface area contributed by atoms with Crippen LogP contribution in [0, 0.1) is 17.6 Å². The molecule has 3 rings (SSSR count). The molecule has 1 fully saturated rings. The van der Waals surface area contributed by atoms with Gasteiger partial charge in [-0.1, -0.05) is 13.0 Å². The minimum Gasteiger partial charge on any atom is -0.493 e. The van der Waals surface area contributed by atoms with Crippen molar-refractivity contribution in [3.8, 4) is 5.75 Å². The van der Waals surface area contributed by atoms with Crippen molar-refractivity contribution >= 4 is 23.3 Å². The lowest BCUT2D eigenvalue weighted by molar-refractivity contribution is -0.272. The highest BCUT2D eigenvalue weighted by Crippen LogP contribution is 2.55. The third kappa shape index (κ3) is 4.11. The number of methoxy groups -OCH3 is 1. The molecule has 1 saturated heterocycles. The molecule has 0 spiro atoms. The van der Waals surface area contributed by atoms with E-state index in [2.05, 4.69) is 10.3 Å². The summed E-state index contributed by atoms with van der Waals surface area (Å²) in [7, 11) is 1.01. The Kier molecular flexibility index (Phi) is 6.44. The molecule has 0 unspecified atom stereocenters. The maximum Gasteiger partial charge on any atom is 0.417 e. The number of ketones is 1. The van der Waals surface area contributed by atoms with Crippen molar-refractivity contribution in [2.75, 3.05) is 12.4 Å². The Hall–Kier alpha value is -3.48. The van der Waals surface area contributed by atoms with E-state index in [0.717, 1.165) is 32.4 Å². The molecule has 1 aliphatic heterocycles. The number of nitrogens with two attached hydrogens (primary N) is 1. The van der Waals surface area contributed by atoms with E-state index in [9.17, 15) is 36.3 Å². The van der Waals surface area contributed by atoms with Crippen molar-refractivity contribution in [2.45, 2.75) is 37.6 Å². The summed E-state index contributed by atoms with van der Waals surface area (Å²) in [4.78, 5) is 38.1. The third-order valence-corrected chi connectivity index (χ3v) is 5.99. The summed E-state index contributed by atoms with van der Waals surface area (Å²) in [6, 6.07) is 2.80. The second-order valence-corrected chi connectivity index (χ2v) is 7.93. The largest absolute Gasteiger partial charge is 0.493 e. The first-order valence-electron chi connectivity index (χ1n) is 9.82. The Balaban J connectivity index is 2.03. The SMILES string of the molecule is COc1c([C@H]2[C@H](C(=O)Nc3c[nH]c(C(=O)C(N)=O)c3)O[C@@](C)(C(F)(F)F)[C@H]2C)ccc(F)c1F. The summed E-state index contributed by atoms with van der Waals surface area (Å²) in [5, 5.41) is 2.30. The average Bonchev–Trinajstić information content (AvgIpc) is 3.32. The summed E-state index contributed by atoms with van der Waals surface area (Å²) in [6.45, 7) is 1.93. The van der Waals surface area contributed by atoms with Crippen LogP contribution in [0.4, 0.5) is 27.6 Å². The number of aromatic amines is 1. The summed E-state index contributed by atoms with van der Waals surface area (Å²) >= 11 is 0. The van der Waals surface area contributed by atoms with E-state index >= 15 is 0 Å². The number of halogens is 5. The first kappa shape index (κ1) is 25.1. The third-order valence-electron chi connectivity index (χ3n) is 5.99. The molecule has 1 aromatic heterocycles. The van der Waals surface area contributed by atoms with Crippen LogP contribution in [0.15, 0.2) is 24.4 Å². The maximum atomic E-state index is 14.4. The van der Waals surface area contributed by atoms with E-state index in [-0.39, 0.29) is 16.9 Å². The molecule has 2 aromatic rings. The van der Waals surface area contributed by atoms with Gasteiger partial charge in [-0.15, -0.1) is 0 Å². The van der Waals surface area contributed by atoms with Crippen LogP contribution in [0.3, 0.4) is 0 Å². The predicted molar refractivity (Wildman–Crippen MR) is 107 cm³/mol. The molecule has 0 saturated carbocycles. The van der Waals surface area contributed by atoms with E-state index in [1.165, 1.54) is 6.92 Å². The van der Waals surface area contributed by atoms with Gasteiger partial charge >= 0.3 is 6.18 Å². The molecule has 4 N–H and O–H groups in total. The van der Waals surface area contributed by atoms with Crippen molar-refractivity contribution in [3.05, 3.63) is 47.3 Å². The highest BCUT2D eigenvalue weighted by molar-refractivity contribution is 6.41. The summed E-state index contributed by atoms with van der Waals surface area (Å²) in [5.41, 5.74) is 1.56. The Morgan fingerprint density at radius 1 is 1.24 bits per heavy atom. The van der Waals surface area contributed by atoms with Crippen LogP contribution in [0.1, 0.15) is 35.8 Å². The molecule has 1 aromatic carbocycles. The molecule has 34 heavy (non-hydrogen) atoms. The Labute approximate surface area is 189 Å². The van der Waals surface area contributed by atoms with Gasteiger partial charge in [0, 0.05) is 23.6 Å². The maximum absolute atomic E-state index is 14.4. The first-order valence-corrected chi connectivity index (χ1v) is 9.82. The molecule has 4 atom stereocenters. The molecule has 1 aliphatic rings. The van der Waals surface area contributed by atoms with Gasteiger partial charge in [-0.25, -0.2) is 4.39 Å². The number of ether oxygens (including phenoxy) is 2. The molecule has 0 radical (unpaired) electrons. The minimum atomic E-state index is -4.92. The van der Waals surface area contributed by atoms with E-state index in [1.807, 2.05) is 0 Å². The predicted octanol–water partition coefficient (Wildman–Crippen LogP) is 3.05. The normalized spacial score (nSPS) is 24.6. The van der Waals surface area contributed by atoms with Crippen LogP contribution in [0.5, 0.6) is 5.75 Å². The lowest BCUT2D eigenvalue weighted by Gasteiger charge is -2.32. The zero-order valence-corrected chi connectivity index (χ0v) is 18.0. The van der Waals surface area contributed by atoms with Gasteiger partial charge in [-0.3, -0.25) is 14.4 Å². The van der Waals surface area contributed by atoms with Gasteiger partial charge in [0.2, 0.25) is 5.82 Å². The lowest BCUT2D eigenvalue weighted by atomic mass is 9.77. The minimum absolute atomic E-state index is 0.0672. The molecular weight excluding hydrogens is 469 g/mol. The molecule has 13 heteroatoms. The van der Waals surface area contributed by atoms with Crippen molar-refractivity contribution < 1.29 is 45.8 Å². The van der Waals surface area contributed by atoms with Gasteiger partial charge in [-0.2, -0.15) is 17.6 Å². The summed E-state index contributed by atoms with van der Waals surface area (Å²) in [6.07, 6.45) is -5.62. The highest BCUT2D eigenvalue weighted by Gasteiger charge is 2.65. The zero-order chi connectivity index (χ0) is 25.6. The topological polar surface area (TPSA) is 124 Å². The fourth-order valence-corrected chi connectivity index (χ4v) is 3.98. The lowest BCUT2D eigenvalue weighted by Crippen LogP contribution is -2.47. The number of carbonyl (C=O) groups excluding carboxylic acids is 3. The second kappa shape index (κ2) is 8.70. The first-order chi connectivity index (χ1) is 15.7. The fraction of sp³-hybridized carbons (Fsp3) is 0.381. The van der Waals surface area contributed by atoms with Gasteiger partial charge < -0.3 is 25.5 Å². The highest BCUT2D eigenvalue weighted by atomic mass is 19.4.